The number of rotatable bonds is 4. The molecule has 0 bridgehead atoms. The third kappa shape index (κ3) is 3.26. The molecule has 0 aliphatic rings. The summed E-state index contributed by atoms with van der Waals surface area (Å²) >= 11 is 3.38. The minimum absolute atomic E-state index is 0.284. The Morgan fingerprint density at radius 1 is 1.33 bits per heavy atom. The molecule has 1 nitrogen and oxygen atoms in total. The maximum Gasteiger partial charge on any atom is 0.119 e. The second kappa shape index (κ2) is 5.20. The molecule has 1 aromatic rings. The third-order valence-corrected chi connectivity index (χ3v) is 2.05. The molecular formula is C10H13BrO. The predicted octanol–water partition coefficient (Wildman–Crippen LogP) is 3.24. The summed E-state index contributed by atoms with van der Waals surface area (Å²) < 4.78 is 5.62. The molecule has 0 fully saturated rings. The molecule has 0 N–H and O–H groups in total. The van der Waals surface area contributed by atoms with Crippen molar-refractivity contribution in [2.45, 2.75) is 19.4 Å². The Bertz CT molecular complexity index is 210. The van der Waals surface area contributed by atoms with Crippen molar-refractivity contribution >= 4 is 15.9 Å². The first-order valence-corrected chi connectivity index (χ1v) is 5.22. The van der Waals surface area contributed by atoms with Crippen LogP contribution in [-0.4, -0.2) is 11.4 Å². The largest absolute Gasteiger partial charge is 0.491 e. The van der Waals surface area contributed by atoms with Gasteiger partial charge in [0, 0.05) is 5.33 Å². The molecule has 0 saturated heterocycles. The SMILES string of the molecule is CC(CCBr)Oc1ccccc1. The second-order valence-corrected chi connectivity index (χ2v) is 3.51. The molecule has 0 aliphatic heterocycles. The summed E-state index contributed by atoms with van der Waals surface area (Å²) in [7, 11) is 0. The Hall–Kier alpha value is -0.500. The van der Waals surface area contributed by atoms with Crippen LogP contribution in [-0.2, 0) is 0 Å². The quantitative estimate of drug-likeness (QED) is 0.720. The number of alkyl halides is 1. The number of benzene rings is 1. The minimum Gasteiger partial charge on any atom is -0.491 e. The van der Waals surface area contributed by atoms with Gasteiger partial charge in [0.15, 0.2) is 0 Å². The molecule has 0 aliphatic carbocycles. The van der Waals surface area contributed by atoms with Gasteiger partial charge < -0.3 is 4.74 Å². The molecule has 1 unspecified atom stereocenters. The fourth-order valence-electron chi connectivity index (χ4n) is 0.944. The Balaban J connectivity index is 2.41. The average molecular weight is 229 g/mol. The zero-order valence-electron chi connectivity index (χ0n) is 7.16. The maximum atomic E-state index is 5.62. The van der Waals surface area contributed by atoms with Crippen LogP contribution in [0.15, 0.2) is 30.3 Å². The van der Waals surface area contributed by atoms with E-state index >= 15 is 0 Å². The van der Waals surface area contributed by atoms with Gasteiger partial charge in [-0.3, -0.25) is 0 Å². The van der Waals surface area contributed by atoms with E-state index in [4.69, 9.17) is 4.74 Å². The summed E-state index contributed by atoms with van der Waals surface area (Å²) in [5.74, 6) is 0.950. The van der Waals surface area contributed by atoms with Crippen molar-refractivity contribution in [1.82, 2.24) is 0 Å². The van der Waals surface area contributed by atoms with Gasteiger partial charge in [-0.15, -0.1) is 0 Å². The van der Waals surface area contributed by atoms with Crippen LogP contribution >= 0.6 is 15.9 Å². The number of ether oxygens (including phenoxy) is 1. The van der Waals surface area contributed by atoms with Crippen molar-refractivity contribution in [2.24, 2.45) is 0 Å². The van der Waals surface area contributed by atoms with Gasteiger partial charge in [0.1, 0.15) is 5.75 Å². The van der Waals surface area contributed by atoms with Crippen LogP contribution in [0.5, 0.6) is 5.75 Å². The molecule has 66 valence electrons. The molecule has 0 spiro atoms. The van der Waals surface area contributed by atoms with Gasteiger partial charge in [-0.1, -0.05) is 34.1 Å². The summed E-state index contributed by atoms with van der Waals surface area (Å²) in [4.78, 5) is 0. The van der Waals surface area contributed by atoms with E-state index in [-0.39, 0.29) is 6.10 Å². The second-order valence-electron chi connectivity index (χ2n) is 2.72. The van der Waals surface area contributed by atoms with Crippen LogP contribution in [0.1, 0.15) is 13.3 Å². The van der Waals surface area contributed by atoms with Crippen molar-refractivity contribution in [3.05, 3.63) is 30.3 Å². The summed E-state index contributed by atoms with van der Waals surface area (Å²) in [6.45, 7) is 2.08. The van der Waals surface area contributed by atoms with Gasteiger partial charge in [0.2, 0.25) is 0 Å². The highest BCUT2D eigenvalue weighted by Gasteiger charge is 2.00. The molecule has 0 aromatic heterocycles. The summed E-state index contributed by atoms with van der Waals surface area (Å²) in [6, 6.07) is 9.91. The first-order chi connectivity index (χ1) is 5.83. The maximum absolute atomic E-state index is 5.62. The monoisotopic (exact) mass is 228 g/mol. The minimum atomic E-state index is 0.284. The fraction of sp³-hybridized carbons (Fsp3) is 0.400. The summed E-state index contributed by atoms with van der Waals surface area (Å²) in [6.07, 6.45) is 1.32. The Labute approximate surface area is 81.9 Å². The van der Waals surface area contributed by atoms with E-state index in [1.165, 1.54) is 0 Å². The summed E-state index contributed by atoms with van der Waals surface area (Å²) in [5, 5.41) is 0.987. The van der Waals surface area contributed by atoms with Crippen LogP contribution in [0.4, 0.5) is 0 Å². The van der Waals surface area contributed by atoms with Crippen LogP contribution in [0.2, 0.25) is 0 Å². The van der Waals surface area contributed by atoms with Crippen LogP contribution in [0.3, 0.4) is 0 Å². The average Bonchev–Trinajstić information content (AvgIpc) is 2.06. The van der Waals surface area contributed by atoms with Crippen molar-refractivity contribution in [1.29, 1.82) is 0 Å². The fourth-order valence-corrected chi connectivity index (χ4v) is 1.59. The normalized spacial score (nSPS) is 12.5. The molecule has 0 heterocycles. The lowest BCUT2D eigenvalue weighted by Crippen LogP contribution is -2.11. The molecule has 12 heavy (non-hydrogen) atoms. The molecule has 0 amide bonds. The van der Waals surface area contributed by atoms with E-state index in [2.05, 4.69) is 22.9 Å². The highest BCUT2D eigenvalue weighted by atomic mass is 79.9. The van der Waals surface area contributed by atoms with Crippen molar-refractivity contribution in [3.8, 4) is 5.75 Å². The lowest BCUT2D eigenvalue weighted by molar-refractivity contribution is 0.219. The zero-order valence-corrected chi connectivity index (χ0v) is 8.75. The van der Waals surface area contributed by atoms with Crippen molar-refractivity contribution in [2.75, 3.05) is 5.33 Å². The van der Waals surface area contributed by atoms with E-state index in [9.17, 15) is 0 Å². The molecule has 0 saturated carbocycles. The molecule has 1 atom stereocenters. The molecule has 2 heteroatoms. The smallest absolute Gasteiger partial charge is 0.119 e. The highest BCUT2D eigenvalue weighted by Crippen LogP contribution is 2.12. The molecule has 1 rings (SSSR count). The summed E-state index contributed by atoms with van der Waals surface area (Å²) in [5.41, 5.74) is 0. The lowest BCUT2D eigenvalue weighted by atomic mass is 10.3. The van der Waals surface area contributed by atoms with Gasteiger partial charge in [-0.2, -0.15) is 0 Å². The lowest BCUT2D eigenvalue weighted by Gasteiger charge is -2.12. The first kappa shape index (κ1) is 9.59. The van der Waals surface area contributed by atoms with Crippen LogP contribution < -0.4 is 4.74 Å². The highest BCUT2D eigenvalue weighted by molar-refractivity contribution is 9.09. The molecule has 0 radical (unpaired) electrons. The van der Waals surface area contributed by atoms with Gasteiger partial charge in [0.25, 0.3) is 0 Å². The van der Waals surface area contributed by atoms with E-state index in [0.717, 1.165) is 17.5 Å². The molecular weight excluding hydrogens is 216 g/mol. The molecule has 1 aromatic carbocycles. The number of hydrogen-bond donors (Lipinski definition) is 0. The number of para-hydroxylation sites is 1. The van der Waals surface area contributed by atoms with Crippen molar-refractivity contribution < 1.29 is 4.74 Å². The Kier molecular flexibility index (Phi) is 4.15. The van der Waals surface area contributed by atoms with Crippen LogP contribution in [0.25, 0.3) is 0 Å². The number of hydrogen-bond acceptors (Lipinski definition) is 1. The van der Waals surface area contributed by atoms with Gasteiger partial charge in [0.05, 0.1) is 6.10 Å². The van der Waals surface area contributed by atoms with E-state index < -0.39 is 0 Å². The van der Waals surface area contributed by atoms with Gasteiger partial charge >= 0.3 is 0 Å². The van der Waals surface area contributed by atoms with E-state index in [1.54, 1.807) is 0 Å². The van der Waals surface area contributed by atoms with Crippen molar-refractivity contribution in [3.63, 3.8) is 0 Å². The van der Waals surface area contributed by atoms with E-state index in [1.807, 2.05) is 30.3 Å². The Morgan fingerprint density at radius 2 is 2.00 bits per heavy atom. The topological polar surface area (TPSA) is 9.23 Å². The standard InChI is InChI=1S/C10H13BrO/c1-9(7-8-11)12-10-5-3-2-4-6-10/h2-6,9H,7-8H2,1H3. The number of halogens is 1. The van der Waals surface area contributed by atoms with E-state index in [0.29, 0.717) is 0 Å². The Morgan fingerprint density at radius 3 is 2.58 bits per heavy atom. The zero-order chi connectivity index (χ0) is 8.81. The first-order valence-electron chi connectivity index (χ1n) is 4.10. The van der Waals surface area contributed by atoms with Crippen LogP contribution in [0, 0.1) is 0 Å². The predicted molar refractivity (Wildman–Crippen MR) is 54.9 cm³/mol. The van der Waals surface area contributed by atoms with Gasteiger partial charge in [-0.25, -0.2) is 0 Å². The van der Waals surface area contributed by atoms with Gasteiger partial charge in [-0.05, 0) is 25.5 Å². The third-order valence-electron chi connectivity index (χ3n) is 1.60.